The van der Waals surface area contributed by atoms with Crippen LogP contribution in [-0.2, 0) is 19.1 Å². The Balaban J connectivity index is 3.16. The molecule has 0 saturated heterocycles. The van der Waals surface area contributed by atoms with Gasteiger partial charge in [-0.05, 0) is 46.5 Å². The van der Waals surface area contributed by atoms with Gasteiger partial charge < -0.3 is 14.6 Å². The van der Waals surface area contributed by atoms with Crippen molar-refractivity contribution in [2.45, 2.75) is 70.9 Å². The fourth-order valence-corrected chi connectivity index (χ4v) is 3.30. The van der Waals surface area contributed by atoms with Gasteiger partial charge in [0.05, 0.1) is 0 Å². The number of carbonyl (C=O) groups is 3. The van der Waals surface area contributed by atoms with E-state index in [2.05, 4.69) is 6.58 Å². The SMILES string of the molecule is C=CCOC(=O)N(CC(=O)OC(C)(C)C)[C@@](C)(C(=O)O)C1CCCCC1. The highest BCUT2D eigenvalue weighted by molar-refractivity contribution is 5.87. The number of carboxylic acids is 1. The second kappa shape index (κ2) is 9.05. The van der Waals surface area contributed by atoms with Crippen molar-refractivity contribution in [3.63, 3.8) is 0 Å². The van der Waals surface area contributed by atoms with Crippen LogP contribution in [0, 0.1) is 5.92 Å². The van der Waals surface area contributed by atoms with Crippen LogP contribution in [0.15, 0.2) is 12.7 Å². The van der Waals surface area contributed by atoms with E-state index in [1.54, 1.807) is 20.8 Å². The molecule has 7 heteroatoms. The lowest BCUT2D eigenvalue weighted by Crippen LogP contribution is -2.61. The van der Waals surface area contributed by atoms with E-state index in [4.69, 9.17) is 9.47 Å². The average molecular weight is 369 g/mol. The van der Waals surface area contributed by atoms with E-state index in [1.165, 1.54) is 13.0 Å². The van der Waals surface area contributed by atoms with Gasteiger partial charge in [0, 0.05) is 0 Å². The first-order valence-corrected chi connectivity index (χ1v) is 9.03. The topological polar surface area (TPSA) is 93.1 Å². The monoisotopic (exact) mass is 369 g/mol. The highest BCUT2D eigenvalue weighted by atomic mass is 16.6. The maximum absolute atomic E-state index is 12.6. The lowest BCUT2D eigenvalue weighted by molar-refractivity contribution is -0.163. The highest BCUT2D eigenvalue weighted by Gasteiger charge is 2.50. The molecule has 0 heterocycles. The molecule has 0 aromatic carbocycles. The van der Waals surface area contributed by atoms with E-state index in [0.29, 0.717) is 12.8 Å². The summed E-state index contributed by atoms with van der Waals surface area (Å²) in [6, 6.07) is 0. The summed E-state index contributed by atoms with van der Waals surface area (Å²) in [6.45, 7) is 9.56. The molecule has 1 N–H and O–H groups in total. The number of amides is 1. The smallest absolute Gasteiger partial charge is 0.411 e. The molecule has 0 radical (unpaired) electrons. The summed E-state index contributed by atoms with van der Waals surface area (Å²) in [7, 11) is 0. The quantitative estimate of drug-likeness (QED) is 0.546. The Morgan fingerprint density at radius 2 is 1.73 bits per heavy atom. The molecule has 1 aliphatic carbocycles. The van der Waals surface area contributed by atoms with Crippen LogP contribution in [0.5, 0.6) is 0 Å². The number of hydrogen-bond acceptors (Lipinski definition) is 5. The highest BCUT2D eigenvalue weighted by Crippen LogP contribution is 2.37. The van der Waals surface area contributed by atoms with Crippen LogP contribution in [-0.4, -0.2) is 52.3 Å². The van der Waals surface area contributed by atoms with Gasteiger partial charge in [-0.3, -0.25) is 9.69 Å². The van der Waals surface area contributed by atoms with Gasteiger partial charge in [0.1, 0.15) is 24.3 Å². The number of esters is 1. The van der Waals surface area contributed by atoms with Gasteiger partial charge in [-0.15, -0.1) is 0 Å². The molecule has 0 aromatic rings. The Hall–Kier alpha value is -2.05. The molecule has 7 nitrogen and oxygen atoms in total. The van der Waals surface area contributed by atoms with Crippen molar-refractivity contribution in [2.24, 2.45) is 5.92 Å². The molecule has 0 unspecified atom stereocenters. The van der Waals surface area contributed by atoms with E-state index >= 15 is 0 Å². The predicted octanol–water partition coefficient (Wildman–Crippen LogP) is 3.38. The maximum Gasteiger partial charge on any atom is 0.411 e. The number of ether oxygens (including phenoxy) is 2. The third kappa shape index (κ3) is 5.75. The molecule has 148 valence electrons. The Kier molecular flexibility index (Phi) is 7.66. The zero-order valence-electron chi connectivity index (χ0n) is 16.2. The lowest BCUT2D eigenvalue weighted by atomic mass is 9.74. The van der Waals surface area contributed by atoms with Crippen LogP contribution >= 0.6 is 0 Å². The first kappa shape index (κ1) is 22.0. The molecule has 1 saturated carbocycles. The number of nitrogens with zero attached hydrogens (tertiary/aromatic N) is 1. The zero-order valence-corrected chi connectivity index (χ0v) is 16.2. The van der Waals surface area contributed by atoms with E-state index in [-0.39, 0.29) is 12.5 Å². The number of rotatable bonds is 7. The van der Waals surface area contributed by atoms with Crippen LogP contribution < -0.4 is 0 Å². The molecule has 1 fully saturated rings. The van der Waals surface area contributed by atoms with Crippen molar-refractivity contribution >= 4 is 18.0 Å². The number of aliphatic carboxylic acids is 1. The van der Waals surface area contributed by atoms with E-state index in [0.717, 1.165) is 24.2 Å². The van der Waals surface area contributed by atoms with Gasteiger partial charge in [-0.1, -0.05) is 31.9 Å². The van der Waals surface area contributed by atoms with E-state index in [9.17, 15) is 19.5 Å². The van der Waals surface area contributed by atoms with Gasteiger partial charge in [-0.2, -0.15) is 0 Å². The fourth-order valence-electron chi connectivity index (χ4n) is 3.30. The third-order valence-electron chi connectivity index (χ3n) is 4.65. The molecular weight excluding hydrogens is 338 g/mol. The van der Waals surface area contributed by atoms with Crippen LogP contribution in [0.4, 0.5) is 4.79 Å². The van der Waals surface area contributed by atoms with Crippen LogP contribution in [0.1, 0.15) is 59.8 Å². The Labute approximate surface area is 155 Å². The minimum atomic E-state index is -1.55. The second-order valence-corrected chi connectivity index (χ2v) is 7.83. The van der Waals surface area contributed by atoms with Gasteiger partial charge in [0.15, 0.2) is 0 Å². The number of hydrogen-bond donors (Lipinski definition) is 1. The fraction of sp³-hybridized carbons (Fsp3) is 0.737. The van der Waals surface area contributed by atoms with Gasteiger partial charge in [0.25, 0.3) is 0 Å². The van der Waals surface area contributed by atoms with Crippen molar-refractivity contribution in [2.75, 3.05) is 13.2 Å². The normalized spacial score (nSPS) is 17.7. The van der Waals surface area contributed by atoms with Gasteiger partial charge >= 0.3 is 18.0 Å². The first-order valence-electron chi connectivity index (χ1n) is 9.03. The summed E-state index contributed by atoms with van der Waals surface area (Å²) < 4.78 is 10.4. The molecule has 0 aromatic heterocycles. The summed E-state index contributed by atoms with van der Waals surface area (Å²) in [6.07, 6.45) is 4.74. The van der Waals surface area contributed by atoms with Crippen LogP contribution in [0.2, 0.25) is 0 Å². The summed E-state index contributed by atoms with van der Waals surface area (Å²) in [5.41, 5.74) is -2.28. The summed E-state index contributed by atoms with van der Waals surface area (Å²) in [5, 5.41) is 9.95. The van der Waals surface area contributed by atoms with Crippen molar-refractivity contribution in [1.29, 1.82) is 0 Å². The molecule has 0 aliphatic heterocycles. The standard InChI is InChI=1S/C19H31NO6/c1-6-12-25-17(24)20(13-15(21)26-18(2,3)4)19(5,16(22)23)14-10-8-7-9-11-14/h6,14H,1,7-13H2,2-5H3,(H,22,23)/t19-/m1/s1. The molecule has 1 amide bonds. The van der Waals surface area contributed by atoms with Gasteiger partial charge in [-0.25, -0.2) is 9.59 Å². The molecule has 0 bridgehead atoms. The predicted molar refractivity (Wildman–Crippen MR) is 96.7 cm³/mol. The summed E-state index contributed by atoms with van der Waals surface area (Å²) in [4.78, 5) is 38.1. The van der Waals surface area contributed by atoms with Crippen molar-refractivity contribution in [1.82, 2.24) is 4.90 Å². The van der Waals surface area contributed by atoms with Crippen molar-refractivity contribution in [3.8, 4) is 0 Å². The third-order valence-corrected chi connectivity index (χ3v) is 4.65. The Morgan fingerprint density at radius 1 is 1.15 bits per heavy atom. The molecular formula is C19H31NO6. The molecule has 26 heavy (non-hydrogen) atoms. The van der Waals surface area contributed by atoms with Crippen LogP contribution in [0.3, 0.4) is 0 Å². The van der Waals surface area contributed by atoms with Crippen LogP contribution in [0.25, 0.3) is 0 Å². The molecule has 1 atom stereocenters. The second-order valence-electron chi connectivity index (χ2n) is 7.83. The van der Waals surface area contributed by atoms with E-state index < -0.39 is 35.7 Å². The Morgan fingerprint density at radius 3 is 2.19 bits per heavy atom. The minimum Gasteiger partial charge on any atom is -0.479 e. The van der Waals surface area contributed by atoms with Crippen molar-refractivity contribution in [3.05, 3.63) is 12.7 Å². The largest absolute Gasteiger partial charge is 0.479 e. The average Bonchev–Trinajstić information content (AvgIpc) is 2.55. The molecule has 1 aliphatic rings. The first-order chi connectivity index (χ1) is 12.0. The zero-order chi connectivity index (χ0) is 20.0. The molecule has 1 rings (SSSR count). The summed E-state index contributed by atoms with van der Waals surface area (Å²) in [5.74, 6) is -2.08. The maximum atomic E-state index is 12.6. The number of carbonyl (C=O) groups excluding carboxylic acids is 2. The van der Waals surface area contributed by atoms with Gasteiger partial charge in [0.2, 0.25) is 0 Å². The van der Waals surface area contributed by atoms with Crippen molar-refractivity contribution < 1.29 is 29.0 Å². The Bertz CT molecular complexity index is 533. The summed E-state index contributed by atoms with van der Waals surface area (Å²) >= 11 is 0. The van der Waals surface area contributed by atoms with E-state index in [1.807, 2.05) is 0 Å². The lowest BCUT2D eigenvalue weighted by Gasteiger charge is -2.43. The minimum absolute atomic E-state index is 0.0655. The molecule has 0 spiro atoms. The number of carboxylic acid groups (broad SMARTS) is 1.